The standard InChI is InChI=1S/C32H24F3N5O3S/c33-32(34,35)22-10-14-25(20-5-2-1-3-6-20)26(17-22)39-30(42)38-23-11-15-28(36-18-23)43-24-12-8-21(9-13-24)27-19-37-31(44-27)40-16-4-7-29(40)41/h1-3,5-6,8-15,17-19H,4,7,16H2,(H2,38,39,42). The molecule has 8 nitrogen and oxygen atoms in total. The van der Waals surface area contributed by atoms with Crippen LogP contribution in [0.2, 0.25) is 0 Å². The first kappa shape index (κ1) is 28.9. The lowest BCUT2D eigenvalue weighted by atomic mass is 10.0. The van der Waals surface area contributed by atoms with Gasteiger partial charge in [-0.05, 0) is 60.0 Å². The third-order valence-electron chi connectivity index (χ3n) is 6.83. The quantitative estimate of drug-likeness (QED) is 0.192. The van der Waals surface area contributed by atoms with Gasteiger partial charge in [-0.25, -0.2) is 14.8 Å². The van der Waals surface area contributed by atoms with Crippen molar-refractivity contribution in [3.8, 4) is 33.2 Å². The topological polar surface area (TPSA) is 96.5 Å². The van der Waals surface area contributed by atoms with E-state index in [2.05, 4.69) is 20.6 Å². The molecule has 3 amide bonds. The molecule has 1 saturated heterocycles. The van der Waals surface area contributed by atoms with Gasteiger partial charge < -0.3 is 15.4 Å². The molecule has 12 heteroatoms. The summed E-state index contributed by atoms with van der Waals surface area (Å²) in [6.07, 6.45) is -0.0453. The van der Waals surface area contributed by atoms with E-state index in [-0.39, 0.29) is 17.5 Å². The molecule has 0 atom stereocenters. The maximum Gasteiger partial charge on any atom is 0.416 e. The van der Waals surface area contributed by atoms with Crippen molar-refractivity contribution in [2.24, 2.45) is 0 Å². The fraction of sp³-hybridized carbons (Fsp3) is 0.125. The van der Waals surface area contributed by atoms with Crippen LogP contribution in [0.3, 0.4) is 0 Å². The number of nitrogens with zero attached hydrogens (tertiary/aromatic N) is 3. The smallest absolute Gasteiger partial charge is 0.416 e. The Hall–Kier alpha value is -5.23. The number of halogens is 3. The molecule has 3 aromatic carbocycles. The van der Waals surface area contributed by atoms with E-state index < -0.39 is 17.8 Å². The van der Waals surface area contributed by atoms with Crippen LogP contribution in [-0.2, 0) is 11.0 Å². The van der Waals surface area contributed by atoms with Crippen LogP contribution in [0, 0.1) is 0 Å². The number of carbonyl (C=O) groups is 2. The van der Waals surface area contributed by atoms with Crippen molar-refractivity contribution >= 4 is 39.8 Å². The summed E-state index contributed by atoms with van der Waals surface area (Å²) in [7, 11) is 0. The molecule has 6 rings (SSSR count). The second kappa shape index (κ2) is 12.2. The van der Waals surface area contributed by atoms with Gasteiger partial charge in [-0.1, -0.05) is 47.7 Å². The molecule has 3 heterocycles. The molecular formula is C32H24F3N5O3S. The molecule has 1 fully saturated rings. The fourth-order valence-electron chi connectivity index (χ4n) is 4.67. The van der Waals surface area contributed by atoms with Crippen LogP contribution in [0.5, 0.6) is 11.6 Å². The number of ether oxygens (including phenoxy) is 1. The van der Waals surface area contributed by atoms with Crippen LogP contribution in [0.25, 0.3) is 21.6 Å². The van der Waals surface area contributed by atoms with Gasteiger partial charge >= 0.3 is 12.2 Å². The maximum absolute atomic E-state index is 13.4. The summed E-state index contributed by atoms with van der Waals surface area (Å²) in [5.41, 5.74) is 1.48. The van der Waals surface area contributed by atoms with E-state index in [0.717, 1.165) is 29.0 Å². The Morgan fingerprint density at radius 1 is 0.886 bits per heavy atom. The molecule has 2 N–H and O–H groups in total. The lowest BCUT2D eigenvalue weighted by molar-refractivity contribution is -0.137. The summed E-state index contributed by atoms with van der Waals surface area (Å²) in [6, 6.07) is 21.8. The highest BCUT2D eigenvalue weighted by atomic mass is 32.1. The molecule has 0 saturated carbocycles. The van der Waals surface area contributed by atoms with Crippen LogP contribution in [0.4, 0.5) is 34.5 Å². The first-order chi connectivity index (χ1) is 21.2. The highest BCUT2D eigenvalue weighted by Gasteiger charge is 2.31. The first-order valence-electron chi connectivity index (χ1n) is 13.6. The number of anilines is 3. The molecule has 0 radical (unpaired) electrons. The molecule has 44 heavy (non-hydrogen) atoms. The van der Waals surface area contributed by atoms with Crippen molar-refractivity contribution in [2.75, 3.05) is 22.1 Å². The van der Waals surface area contributed by atoms with Gasteiger partial charge in [0.05, 0.1) is 28.0 Å². The van der Waals surface area contributed by atoms with Crippen LogP contribution in [0.1, 0.15) is 18.4 Å². The van der Waals surface area contributed by atoms with Gasteiger partial charge in [-0.2, -0.15) is 13.2 Å². The van der Waals surface area contributed by atoms with Crippen LogP contribution < -0.4 is 20.3 Å². The fourth-order valence-corrected chi connectivity index (χ4v) is 5.64. The van der Waals surface area contributed by atoms with Crippen molar-refractivity contribution in [3.63, 3.8) is 0 Å². The largest absolute Gasteiger partial charge is 0.439 e. The summed E-state index contributed by atoms with van der Waals surface area (Å²) in [5, 5.41) is 5.82. The Kier molecular flexibility index (Phi) is 7.99. The number of benzene rings is 3. The van der Waals surface area contributed by atoms with Gasteiger partial charge in [-0.3, -0.25) is 9.69 Å². The number of rotatable bonds is 7. The Morgan fingerprint density at radius 2 is 1.68 bits per heavy atom. The minimum atomic E-state index is -4.57. The lowest BCUT2D eigenvalue weighted by Crippen LogP contribution is -2.23. The van der Waals surface area contributed by atoms with E-state index in [9.17, 15) is 22.8 Å². The minimum absolute atomic E-state index is 0.0129. The van der Waals surface area contributed by atoms with Gasteiger partial charge in [0, 0.05) is 30.8 Å². The Labute approximate surface area is 254 Å². The zero-order valence-electron chi connectivity index (χ0n) is 23.0. The molecule has 1 aliphatic rings. The molecule has 5 aromatic rings. The number of hydrogen-bond donors (Lipinski definition) is 2. The number of aromatic nitrogens is 2. The van der Waals surface area contributed by atoms with E-state index >= 15 is 0 Å². The maximum atomic E-state index is 13.4. The molecule has 0 spiro atoms. The van der Waals surface area contributed by atoms with E-state index in [0.29, 0.717) is 40.7 Å². The second-order valence-corrected chi connectivity index (χ2v) is 10.9. The first-order valence-corrected chi connectivity index (χ1v) is 14.4. The highest BCUT2D eigenvalue weighted by molar-refractivity contribution is 7.19. The Morgan fingerprint density at radius 3 is 2.36 bits per heavy atom. The zero-order valence-corrected chi connectivity index (χ0v) is 23.8. The SMILES string of the molecule is O=C(Nc1ccc(Oc2ccc(-c3cnc(N4CCCC4=O)s3)cc2)nc1)Nc1cc(C(F)(F)F)ccc1-c1ccccc1. The van der Waals surface area contributed by atoms with Crippen molar-refractivity contribution in [2.45, 2.75) is 19.0 Å². The van der Waals surface area contributed by atoms with Gasteiger partial charge in [0.25, 0.3) is 0 Å². The van der Waals surface area contributed by atoms with E-state index in [1.807, 2.05) is 12.1 Å². The number of urea groups is 1. The van der Waals surface area contributed by atoms with Crippen molar-refractivity contribution in [3.05, 3.63) is 103 Å². The summed E-state index contributed by atoms with van der Waals surface area (Å²) < 4.78 is 46.0. The van der Waals surface area contributed by atoms with Gasteiger partial charge in [0.1, 0.15) is 5.75 Å². The zero-order chi connectivity index (χ0) is 30.7. The van der Waals surface area contributed by atoms with Gasteiger partial charge in [0.15, 0.2) is 5.13 Å². The minimum Gasteiger partial charge on any atom is -0.439 e. The monoisotopic (exact) mass is 615 g/mol. The third-order valence-corrected chi connectivity index (χ3v) is 7.90. The molecule has 0 bridgehead atoms. The number of nitrogens with one attached hydrogen (secondary N) is 2. The summed E-state index contributed by atoms with van der Waals surface area (Å²) in [5.74, 6) is 0.912. The average Bonchev–Trinajstić information content (AvgIpc) is 3.67. The normalized spacial score (nSPS) is 13.2. The van der Waals surface area contributed by atoms with E-state index in [4.69, 9.17) is 4.74 Å². The molecule has 0 unspecified atom stereocenters. The molecule has 0 aliphatic carbocycles. The molecule has 2 aromatic heterocycles. The number of amides is 3. The number of alkyl halides is 3. The van der Waals surface area contributed by atoms with Crippen LogP contribution in [0.15, 0.2) is 97.3 Å². The number of hydrogen-bond acceptors (Lipinski definition) is 6. The van der Waals surface area contributed by atoms with Crippen LogP contribution >= 0.6 is 11.3 Å². The van der Waals surface area contributed by atoms with Gasteiger partial charge in [-0.15, -0.1) is 0 Å². The second-order valence-electron chi connectivity index (χ2n) is 9.87. The van der Waals surface area contributed by atoms with Crippen molar-refractivity contribution in [1.29, 1.82) is 0 Å². The lowest BCUT2D eigenvalue weighted by Gasteiger charge is -2.15. The predicted octanol–water partition coefficient (Wildman–Crippen LogP) is 8.45. The van der Waals surface area contributed by atoms with E-state index in [1.54, 1.807) is 65.7 Å². The number of thiazole rings is 1. The summed E-state index contributed by atoms with van der Waals surface area (Å²) in [6.45, 7) is 0.690. The molecular weight excluding hydrogens is 591 g/mol. The Balaban J connectivity index is 1.09. The number of carbonyl (C=O) groups excluding carboxylic acids is 2. The molecule has 1 aliphatic heterocycles. The average molecular weight is 616 g/mol. The highest BCUT2D eigenvalue weighted by Crippen LogP contribution is 2.37. The van der Waals surface area contributed by atoms with Gasteiger partial charge in [0.2, 0.25) is 11.8 Å². The predicted molar refractivity (Wildman–Crippen MR) is 163 cm³/mol. The Bertz CT molecular complexity index is 1790. The summed E-state index contributed by atoms with van der Waals surface area (Å²) >= 11 is 1.46. The van der Waals surface area contributed by atoms with E-state index in [1.165, 1.54) is 23.6 Å². The van der Waals surface area contributed by atoms with Crippen molar-refractivity contribution < 1.29 is 27.5 Å². The molecule has 222 valence electrons. The summed E-state index contributed by atoms with van der Waals surface area (Å²) in [4.78, 5) is 36.0. The number of pyridine rings is 1. The van der Waals surface area contributed by atoms with Crippen molar-refractivity contribution in [1.82, 2.24) is 9.97 Å². The third kappa shape index (κ3) is 6.55. The van der Waals surface area contributed by atoms with Crippen LogP contribution in [-0.4, -0.2) is 28.5 Å².